The number of anilines is 1. The van der Waals surface area contributed by atoms with E-state index in [4.69, 9.17) is 5.11 Å². The molecule has 6 nitrogen and oxygen atoms in total. The summed E-state index contributed by atoms with van der Waals surface area (Å²) in [5.74, 6) is -1.81. The largest absolute Gasteiger partial charge is 0.478 e. The quantitative estimate of drug-likeness (QED) is 0.621. The van der Waals surface area contributed by atoms with Gasteiger partial charge in [0.1, 0.15) is 17.1 Å². The highest BCUT2D eigenvalue weighted by molar-refractivity contribution is 5.90. The van der Waals surface area contributed by atoms with Gasteiger partial charge in [-0.2, -0.15) is 0 Å². The molecule has 0 aliphatic heterocycles. The molecule has 2 aliphatic rings. The van der Waals surface area contributed by atoms with Gasteiger partial charge in [0, 0.05) is 18.7 Å². The molecule has 3 rings (SSSR count). The van der Waals surface area contributed by atoms with Gasteiger partial charge in [0.25, 0.3) is 5.69 Å². The van der Waals surface area contributed by atoms with Crippen molar-refractivity contribution in [1.29, 1.82) is 0 Å². The molecule has 2 saturated carbocycles. The topological polar surface area (TPSA) is 92.5 Å². The van der Waals surface area contributed by atoms with Crippen LogP contribution in [0.3, 0.4) is 0 Å². The highest BCUT2D eigenvalue weighted by Crippen LogP contribution is 2.61. The first-order valence-electron chi connectivity index (χ1n) is 6.88. The van der Waals surface area contributed by atoms with E-state index >= 15 is 0 Å². The van der Waals surface area contributed by atoms with E-state index in [-0.39, 0.29) is 11.1 Å². The SMILES string of the molecule is O=C(O)c1cc([N+](=O)[O-])c(NCC2(C3CC3)CC2)cc1F. The number of carbonyl (C=O) groups is 1. The van der Waals surface area contributed by atoms with Crippen molar-refractivity contribution < 1.29 is 19.2 Å². The number of hydrogen-bond donors (Lipinski definition) is 2. The van der Waals surface area contributed by atoms with Gasteiger partial charge in [-0.25, -0.2) is 9.18 Å². The molecule has 0 saturated heterocycles. The number of nitrogens with one attached hydrogen (secondary N) is 1. The summed E-state index contributed by atoms with van der Waals surface area (Å²) in [4.78, 5) is 21.2. The molecule has 0 heterocycles. The summed E-state index contributed by atoms with van der Waals surface area (Å²) in [5.41, 5.74) is -0.832. The molecule has 1 aromatic rings. The summed E-state index contributed by atoms with van der Waals surface area (Å²) >= 11 is 0. The van der Waals surface area contributed by atoms with Gasteiger partial charge >= 0.3 is 5.97 Å². The first-order valence-corrected chi connectivity index (χ1v) is 6.88. The molecule has 0 radical (unpaired) electrons. The summed E-state index contributed by atoms with van der Waals surface area (Å²) in [6.45, 7) is 0.574. The molecule has 0 amide bonds. The van der Waals surface area contributed by atoms with Gasteiger partial charge in [-0.1, -0.05) is 0 Å². The van der Waals surface area contributed by atoms with Crippen molar-refractivity contribution in [3.8, 4) is 0 Å². The standard InChI is InChI=1S/C14H15FN2O4/c15-10-6-11(12(17(20)21)5-9(10)13(18)19)16-7-14(3-4-14)8-1-2-8/h5-6,8,16H,1-4,7H2,(H,18,19). The lowest BCUT2D eigenvalue weighted by molar-refractivity contribution is -0.384. The van der Waals surface area contributed by atoms with Gasteiger partial charge in [-0.3, -0.25) is 10.1 Å². The fourth-order valence-corrected chi connectivity index (χ4v) is 2.88. The Morgan fingerprint density at radius 2 is 2.14 bits per heavy atom. The Balaban J connectivity index is 1.84. The summed E-state index contributed by atoms with van der Waals surface area (Å²) < 4.78 is 13.7. The van der Waals surface area contributed by atoms with Crippen LogP contribution in [0.15, 0.2) is 12.1 Å². The maximum absolute atomic E-state index is 13.7. The molecular weight excluding hydrogens is 279 g/mol. The van der Waals surface area contributed by atoms with Crippen LogP contribution in [-0.4, -0.2) is 22.5 Å². The molecule has 1 aromatic carbocycles. The van der Waals surface area contributed by atoms with E-state index in [0.29, 0.717) is 12.5 Å². The van der Waals surface area contributed by atoms with E-state index in [9.17, 15) is 19.3 Å². The summed E-state index contributed by atoms with van der Waals surface area (Å²) in [6.07, 6.45) is 4.56. The number of aromatic carboxylic acids is 1. The Kier molecular flexibility index (Phi) is 3.07. The van der Waals surface area contributed by atoms with Gasteiger partial charge in [0.05, 0.1) is 4.92 Å². The number of nitro groups is 1. The van der Waals surface area contributed by atoms with E-state index in [2.05, 4.69) is 5.32 Å². The number of rotatable bonds is 6. The second-order valence-corrected chi connectivity index (χ2v) is 5.90. The number of carboxylic acid groups (broad SMARTS) is 1. The van der Waals surface area contributed by atoms with Gasteiger partial charge in [0.15, 0.2) is 0 Å². The zero-order valence-electron chi connectivity index (χ0n) is 11.3. The number of benzene rings is 1. The smallest absolute Gasteiger partial charge is 0.338 e. The van der Waals surface area contributed by atoms with Crippen molar-refractivity contribution in [3.63, 3.8) is 0 Å². The van der Waals surface area contributed by atoms with Crippen LogP contribution in [0.5, 0.6) is 0 Å². The molecule has 0 spiro atoms. The minimum absolute atomic E-state index is 0.0504. The van der Waals surface area contributed by atoms with Crippen molar-refractivity contribution in [2.75, 3.05) is 11.9 Å². The normalized spacial score (nSPS) is 19.1. The lowest BCUT2D eigenvalue weighted by atomic mass is 10.0. The van der Waals surface area contributed by atoms with Crippen molar-refractivity contribution in [3.05, 3.63) is 33.6 Å². The van der Waals surface area contributed by atoms with Crippen LogP contribution >= 0.6 is 0 Å². The fraction of sp³-hybridized carbons (Fsp3) is 0.500. The molecule has 0 atom stereocenters. The Labute approximate surface area is 120 Å². The Bertz CT molecular complexity index is 624. The van der Waals surface area contributed by atoms with Crippen LogP contribution in [0.1, 0.15) is 36.0 Å². The first kappa shape index (κ1) is 13.8. The predicted molar refractivity (Wildman–Crippen MR) is 72.9 cm³/mol. The van der Waals surface area contributed by atoms with E-state index in [0.717, 1.165) is 25.0 Å². The zero-order valence-corrected chi connectivity index (χ0v) is 11.3. The second-order valence-electron chi connectivity index (χ2n) is 5.90. The lowest BCUT2D eigenvalue weighted by Gasteiger charge is -2.16. The number of halogens is 1. The van der Waals surface area contributed by atoms with Crippen LogP contribution in [-0.2, 0) is 0 Å². The first-order chi connectivity index (χ1) is 9.93. The number of carboxylic acids is 1. The Morgan fingerprint density at radius 3 is 2.62 bits per heavy atom. The molecule has 0 bridgehead atoms. The van der Waals surface area contributed by atoms with Crippen molar-refractivity contribution >= 4 is 17.3 Å². The van der Waals surface area contributed by atoms with E-state index in [1.54, 1.807) is 0 Å². The van der Waals surface area contributed by atoms with Crippen molar-refractivity contribution in [2.24, 2.45) is 11.3 Å². The second kappa shape index (κ2) is 4.68. The van der Waals surface area contributed by atoms with Gasteiger partial charge in [-0.15, -0.1) is 0 Å². The lowest BCUT2D eigenvalue weighted by Crippen LogP contribution is -2.18. The maximum atomic E-state index is 13.7. The van der Waals surface area contributed by atoms with Gasteiger partial charge in [0.2, 0.25) is 0 Å². The minimum atomic E-state index is -1.52. The van der Waals surface area contributed by atoms with Crippen molar-refractivity contribution in [1.82, 2.24) is 0 Å². The van der Waals surface area contributed by atoms with E-state index in [1.165, 1.54) is 12.8 Å². The highest BCUT2D eigenvalue weighted by atomic mass is 19.1. The van der Waals surface area contributed by atoms with Crippen LogP contribution in [0.2, 0.25) is 0 Å². The third kappa shape index (κ3) is 2.55. The predicted octanol–water partition coefficient (Wildman–Crippen LogP) is 3.03. The zero-order chi connectivity index (χ0) is 15.2. The van der Waals surface area contributed by atoms with Crippen LogP contribution in [0.4, 0.5) is 15.8 Å². The average molecular weight is 294 g/mol. The number of nitro benzene ring substituents is 1. The van der Waals surface area contributed by atoms with Gasteiger partial charge in [-0.05, 0) is 37.0 Å². The molecule has 21 heavy (non-hydrogen) atoms. The third-order valence-corrected chi connectivity index (χ3v) is 4.48. The molecule has 112 valence electrons. The molecule has 0 unspecified atom stereocenters. The number of hydrogen-bond acceptors (Lipinski definition) is 4. The van der Waals surface area contributed by atoms with Crippen LogP contribution in [0, 0.1) is 27.3 Å². The van der Waals surface area contributed by atoms with E-state index in [1.807, 2.05) is 0 Å². The fourth-order valence-electron chi connectivity index (χ4n) is 2.88. The summed E-state index contributed by atoms with van der Waals surface area (Å²) in [6, 6.07) is 1.68. The van der Waals surface area contributed by atoms with Crippen molar-refractivity contribution in [2.45, 2.75) is 25.7 Å². The molecule has 2 aliphatic carbocycles. The number of nitrogens with zero attached hydrogens (tertiary/aromatic N) is 1. The Morgan fingerprint density at radius 1 is 1.48 bits per heavy atom. The third-order valence-electron chi connectivity index (χ3n) is 4.48. The molecule has 2 fully saturated rings. The Hall–Kier alpha value is -2.18. The molecule has 7 heteroatoms. The minimum Gasteiger partial charge on any atom is -0.478 e. The summed E-state index contributed by atoms with van der Waals surface area (Å²) in [5, 5.41) is 22.8. The molecular formula is C14H15FN2O4. The monoisotopic (exact) mass is 294 g/mol. The van der Waals surface area contributed by atoms with Crippen LogP contribution in [0.25, 0.3) is 0 Å². The highest BCUT2D eigenvalue weighted by Gasteiger charge is 2.53. The summed E-state index contributed by atoms with van der Waals surface area (Å²) in [7, 11) is 0. The van der Waals surface area contributed by atoms with Crippen LogP contribution < -0.4 is 5.32 Å². The van der Waals surface area contributed by atoms with E-state index < -0.39 is 28.0 Å². The van der Waals surface area contributed by atoms with Gasteiger partial charge < -0.3 is 10.4 Å². The molecule has 0 aromatic heterocycles. The maximum Gasteiger partial charge on any atom is 0.338 e. The average Bonchev–Trinajstić information content (AvgIpc) is 3.26. The molecule has 2 N–H and O–H groups in total.